The lowest BCUT2D eigenvalue weighted by molar-refractivity contribution is 0.250. The Morgan fingerprint density at radius 3 is 3.00 bits per heavy atom. The normalized spacial score (nSPS) is 28.3. The number of nitrogens with one attached hydrogen (secondary N) is 1. The highest BCUT2D eigenvalue weighted by Crippen LogP contribution is 2.22. The molecule has 1 aromatic carbocycles. The molecule has 3 heteroatoms. The third-order valence-electron chi connectivity index (χ3n) is 4.31. The average Bonchev–Trinajstić information content (AvgIpc) is 2.67. The van der Waals surface area contributed by atoms with E-state index in [4.69, 9.17) is 0 Å². The zero-order valence-electron chi connectivity index (χ0n) is 11.0. The fourth-order valence-electron chi connectivity index (χ4n) is 3.21. The molecule has 2 heterocycles. The minimum Gasteiger partial charge on any atom is -0.310 e. The first-order chi connectivity index (χ1) is 8.70. The van der Waals surface area contributed by atoms with Gasteiger partial charge in [-0.05, 0) is 49.4 Å². The number of likely N-dealkylation sites (tertiary alicyclic amines) is 1. The van der Waals surface area contributed by atoms with Gasteiger partial charge in [0.05, 0.1) is 0 Å². The molecule has 2 fully saturated rings. The lowest BCUT2D eigenvalue weighted by Gasteiger charge is -2.24. The van der Waals surface area contributed by atoms with Crippen molar-refractivity contribution in [2.45, 2.75) is 44.8 Å². The Balaban J connectivity index is 1.70. The van der Waals surface area contributed by atoms with Gasteiger partial charge in [0.1, 0.15) is 5.82 Å². The summed E-state index contributed by atoms with van der Waals surface area (Å²) in [6.07, 6.45) is 3.85. The standard InChI is InChI=1S/C15H21FN2/c1-11-2-3-13(16)8-12(11)9-18-7-6-14-4-5-15(10-18)17-14/h2-3,8,14-15,17H,4-7,9-10H2,1H3. The zero-order valence-corrected chi connectivity index (χ0v) is 11.0. The van der Waals surface area contributed by atoms with E-state index in [2.05, 4.69) is 17.1 Å². The first kappa shape index (κ1) is 12.1. The SMILES string of the molecule is Cc1ccc(F)cc1CN1CCC2CCC(C1)N2. The van der Waals surface area contributed by atoms with E-state index in [1.54, 1.807) is 12.1 Å². The van der Waals surface area contributed by atoms with E-state index in [9.17, 15) is 4.39 Å². The van der Waals surface area contributed by atoms with Crippen molar-refractivity contribution in [2.24, 2.45) is 0 Å². The second kappa shape index (κ2) is 4.98. The molecule has 2 nitrogen and oxygen atoms in total. The van der Waals surface area contributed by atoms with Crippen LogP contribution in [-0.4, -0.2) is 30.1 Å². The Kier molecular flexibility index (Phi) is 3.35. The minimum absolute atomic E-state index is 0.120. The van der Waals surface area contributed by atoms with Crippen LogP contribution in [0.25, 0.3) is 0 Å². The fraction of sp³-hybridized carbons (Fsp3) is 0.600. The summed E-state index contributed by atoms with van der Waals surface area (Å²) in [6.45, 7) is 5.18. The van der Waals surface area contributed by atoms with E-state index < -0.39 is 0 Å². The van der Waals surface area contributed by atoms with Crippen molar-refractivity contribution in [2.75, 3.05) is 13.1 Å². The molecule has 2 bridgehead atoms. The highest BCUT2D eigenvalue weighted by molar-refractivity contribution is 5.26. The van der Waals surface area contributed by atoms with Gasteiger partial charge in [-0.15, -0.1) is 0 Å². The van der Waals surface area contributed by atoms with Crippen LogP contribution in [0.15, 0.2) is 18.2 Å². The molecule has 2 unspecified atom stereocenters. The van der Waals surface area contributed by atoms with E-state index in [1.807, 2.05) is 6.07 Å². The summed E-state index contributed by atoms with van der Waals surface area (Å²) >= 11 is 0. The Labute approximate surface area is 108 Å². The molecular weight excluding hydrogens is 227 g/mol. The van der Waals surface area contributed by atoms with Gasteiger partial charge in [0.15, 0.2) is 0 Å². The Morgan fingerprint density at radius 1 is 1.28 bits per heavy atom. The summed E-state index contributed by atoms with van der Waals surface area (Å²) in [7, 11) is 0. The van der Waals surface area contributed by atoms with Crippen molar-refractivity contribution in [1.82, 2.24) is 10.2 Å². The van der Waals surface area contributed by atoms with Gasteiger partial charge in [-0.3, -0.25) is 4.90 Å². The maximum absolute atomic E-state index is 13.3. The minimum atomic E-state index is -0.120. The first-order valence-electron chi connectivity index (χ1n) is 6.94. The fourth-order valence-corrected chi connectivity index (χ4v) is 3.21. The molecule has 2 aliphatic rings. The molecular formula is C15H21FN2. The lowest BCUT2D eigenvalue weighted by atomic mass is 10.1. The Hall–Kier alpha value is -0.930. The second-order valence-electron chi connectivity index (χ2n) is 5.73. The van der Waals surface area contributed by atoms with Crippen LogP contribution in [0.4, 0.5) is 4.39 Å². The molecule has 2 saturated heterocycles. The van der Waals surface area contributed by atoms with Crippen LogP contribution in [0, 0.1) is 12.7 Å². The quantitative estimate of drug-likeness (QED) is 0.865. The number of halogens is 1. The molecule has 0 spiro atoms. The molecule has 98 valence electrons. The molecule has 0 aliphatic carbocycles. The van der Waals surface area contributed by atoms with E-state index >= 15 is 0 Å². The smallest absolute Gasteiger partial charge is 0.123 e. The highest BCUT2D eigenvalue weighted by atomic mass is 19.1. The Bertz CT molecular complexity index is 433. The van der Waals surface area contributed by atoms with E-state index in [1.165, 1.54) is 24.8 Å². The van der Waals surface area contributed by atoms with Gasteiger partial charge < -0.3 is 5.32 Å². The molecule has 2 aliphatic heterocycles. The van der Waals surface area contributed by atoms with Gasteiger partial charge in [-0.25, -0.2) is 4.39 Å². The van der Waals surface area contributed by atoms with Crippen LogP contribution >= 0.6 is 0 Å². The van der Waals surface area contributed by atoms with Crippen LogP contribution in [0.3, 0.4) is 0 Å². The van der Waals surface area contributed by atoms with Crippen LogP contribution in [0.1, 0.15) is 30.4 Å². The van der Waals surface area contributed by atoms with Gasteiger partial charge in [-0.2, -0.15) is 0 Å². The topological polar surface area (TPSA) is 15.3 Å². The van der Waals surface area contributed by atoms with E-state index in [0.29, 0.717) is 12.1 Å². The van der Waals surface area contributed by atoms with Crippen molar-refractivity contribution in [1.29, 1.82) is 0 Å². The van der Waals surface area contributed by atoms with Crippen LogP contribution in [0.2, 0.25) is 0 Å². The second-order valence-corrected chi connectivity index (χ2v) is 5.73. The van der Waals surface area contributed by atoms with Crippen LogP contribution < -0.4 is 5.32 Å². The van der Waals surface area contributed by atoms with Crippen LogP contribution in [-0.2, 0) is 6.54 Å². The summed E-state index contributed by atoms with van der Waals surface area (Å²) in [6, 6.07) is 6.48. The number of aryl methyl sites for hydroxylation is 1. The number of nitrogens with zero attached hydrogens (tertiary/aromatic N) is 1. The first-order valence-corrected chi connectivity index (χ1v) is 6.94. The van der Waals surface area contributed by atoms with Gasteiger partial charge in [-0.1, -0.05) is 6.07 Å². The van der Waals surface area contributed by atoms with Crippen molar-refractivity contribution >= 4 is 0 Å². The highest BCUT2D eigenvalue weighted by Gasteiger charge is 2.29. The lowest BCUT2D eigenvalue weighted by Crippen LogP contribution is -2.35. The van der Waals surface area contributed by atoms with Gasteiger partial charge in [0.2, 0.25) is 0 Å². The predicted molar refractivity (Wildman–Crippen MR) is 71.0 cm³/mol. The molecule has 0 aromatic heterocycles. The van der Waals surface area contributed by atoms with E-state index in [0.717, 1.165) is 25.2 Å². The average molecular weight is 248 g/mol. The third kappa shape index (κ3) is 2.57. The number of hydrogen-bond acceptors (Lipinski definition) is 2. The molecule has 0 amide bonds. The zero-order chi connectivity index (χ0) is 12.5. The molecule has 0 radical (unpaired) electrons. The third-order valence-corrected chi connectivity index (χ3v) is 4.31. The van der Waals surface area contributed by atoms with Crippen molar-refractivity contribution in [3.8, 4) is 0 Å². The van der Waals surface area contributed by atoms with Gasteiger partial charge in [0, 0.05) is 31.7 Å². The summed E-state index contributed by atoms with van der Waals surface area (Å²) in [4.78, 5) is 2.47. The predicted octanol–water partition coefficient (Wildman–Crippen LogP) is 2.46. The maximum Gasteiger partial charge on any atom is 0.123 e. The largest absolute Gasteiger partial charge is 0.310 e. The summed E-state index contributed by atoms with van der Waals surface area (Å²) in [5, 5.41) is 3.68. The summed E-state index contributed by atoms with van der Waals surface area (Å²) in [5.74, 6) is -0.120. The van der Waals surface area contributed by atoms with E-state index in [-0.39, 0.29) is 5.82 Å². The monoisotopic (exact) mass is 248 g/mol. The maximum atomic E-state index is 13.3. The molecule has 18 heavy (non-hydrogen) atoms. The van der Waals surface area contributed by atoms with Gasteiger partial charge >= 0.3 is 0 Å². The summed E-state index contributed by atoms with van der Waals surface area (Å²) < 4.78 is 13.3. The molecule has 1 N–H and O–H groups in total. The van der Waals surface area contributed by atoms with Crippen LogP contribution in [0.5, 0.6) is 0 Å². The van der Waals surface area contributed by atoms with Crippen molar-refractivity contribution in [3.05, 3.63) is 35.1 Å². The number of rotatable bonds is 2. The number of benzene rings is 1. The summed E-state index contributed by atoms with van der Waals surface area (Å²) in [5.41, 5.74) is 2.33. The van der Waals surface area contributed by atoms with Gasteiger partial charge in [0.25, 0.3) is 0 Å². The molecule has 1 aromatic rings. The molecule has 0 saturated carbocycles. The number of hydrogen-bond donors (Lipinski definition) is 1. The van der Waals surface area contributed by atoms with Crippen molar-refractivity contribution in [3.63, 3.8) is 0 Å². The molecule has 3 rings (SSSR count). The van der Waals surface area contributed by atoms with Crippen molar-refractivity contribution < 1.29 is 4.39 Å². The molecule has 2 atom stereocenters. The number of fused-ring (bicyclic) bond motifs is 2. The Morgan fingerprint density at radius 2 is 2.11 bits per heavy atom.